The molecule has 0 heterocycles. The standard InChI is InChI=1S/C17H18N2O2/c1-3-15(14-10-6-7-11-16(14)20)18-19-17(21)13-9-5-4-8-12(13)2/h4-11,20H,3H2,1-2H3,(H,19,21)/b18-15-. The number of aryl methyl sites for hydroxylation is 1. The number of carbonyl (C=O) groups excluding carboxylic acids is 1. The molecule has 2 N–H and O–H groups in total. The van der Waals surface area contributed by atoms with Crippen molar-refractivity contribution in [3.8, 4) is 5.75 Å². The van der Waals surface area contributed by atoms with Crippen molar-refractivity contribution in [1.82, 2.24) is 5.43 Å². The molecule has 0 saturated heterocycles. The summed E-state index contributed by atoms with van der Waals surface area (Å²) in [6.45, 7) is 3.80. The minimum atomic E-state index is -0.255. The number of phenolic OH excluding ortho intramolecular Hbond substituents is 1. The van der Waals surface area contributed by atoms with Crippen LogP contribution in [0.5, 0.6) is 5.75 Å². The number of rotatable bonds is 4. The molecule has 0 aliphatic carbocycles. The SMILES string of the molecule is CC/C(=N/NC(=O)c1ccccc1C)c1ccccc1O. The van der Waals surface area contributed by atoms with Gasteiger partial charge in [-0.05, 0) is 37.1 Å². The number of carbonyl (C=O) groups is 1. The van der Waals surface area contributed by atoms with Gasteiger partial charge in [-0.25, -0.2) is 5.43 Å². The summed E-state index contributed by atoms with van der Waals surface area (Å²) in [6, 6.07) is 14.3. The predicted octanol–water partition coefficient (Wildman–Crippen LogP) is 3.24. The number of para-hydroxylation sites is 1. The van der Waals surface area contributed by atoms with E-state index in [0.29, 0.717) is 23.3 Å². The quantitative estimate of drug-likeness (QED) is 0.668. The molecule has 0 atom stereocenters. The van der Waals surface area contributed by atoms with Gasteiger partial charge in [0.2, 0.25) is 0 Å². The van der Waals surface area contributed by atoms with Crippen LogP contribution in [-0.2, 0) is 0 Å². The maximum atomic E-state index is 12.1. The molecule has 0 aliphatic heterocycles. The summed E-state index contributed by atoms with van der Waals surface area (Å²) in [5, 5.41) is 14.0. The van der Waals surface area contributed by atoms with Gasteiger partial charge in [-0.2, -0.15) is 5.10 Å². The van der Waals surface area contributed by atoms with Crippen LogP contribution in [0.15, 0.2) is 53.6 Å². The Hall–Kier alpha value is -2.62. The van der Waals surface area contributed by atoms with Gasteiger partial charge in [0, 0.05) is 11.1 Å². The van der Waals surface area contributed by atoms with Crippen molar-refractivity contribution in [2.45, 2.75) is 20.3 Å². The van der Waals surface area contributed by atoms with Gasteiger partial charge >= 0.3 is 0 Å². The lowest BCUT2D eigenvalue weighted by Crippen LogP contribution is -2.20. The van der Waals surface area contributed by atoms with Crippen LogP contribution >= 0.6 is 0 Å². The molecule has 0 fully saturated rings. The van der Waals surface area contributed by atoms with Crippen LogP contribution in [0, 0.1) is 6.92 Å². The largest absolute Gasteiger partial charge is 0.507 e. The molecule has 21 heavy (non-hydrogen) atoms. The molecule has 2 rings (SSSR count). The van der Waals surface area contributed by atoms with E-state index in [2.05, 4.69) is 10.5 Å². The fraction of sp³-hybridized carbons (Fsp3) is 0.176. The Morgan fingerprint density at radius 3 is 2.33 bits per heavy atom. The zero-order chi connectivity index (χ0) is 15.2. The summed E-state index contributed by atoms with van der Waals surface area (Å²) in [4.78, 5) is 12.1. The highest BCUT2D eigenvalue weighted by Crippen LogP contribution is 2.18. The highest BCUT2D eigenvalue weighted by Gasteiger charge is 2.10. The molecule has 108 valence electrons. The average molecular weight is 282 g/mol. The second kappa shape index (κ2) is 6.70. The van der Waals surface area contributed by atoms with Gasteiger partial charge in [0.25, 0.3) is 5.91 Å². The summed E-state index contributed by atoms with van der Waals surface area (Å²) >= 11 is 0. The van der Waals surface area contributed by atoms with Crippen molar-refractivity contribution in [2.24, 2.45) is 5.10 Å². The minimum absolute atomic E-state index is 0.156. The summed E-state index contributed by atoms with van der Waals surface area (Å²) in [5.41, 5.74) is 5.30. The van der Waals surface area contributed by atoms with E-state index in [-0.39, 0.29) is 11.7 Å². The molecular formula is C17H18N2O2. The fourth-order valence-corrected chi connectivity index (χ4v) is 2.05. The van der Waals surface area contributed by atoms with Crippen LogP contribution in [0.4, 0.5) is 0 Å². The maximum absolute atomic E-state index is 12.1. The summed E-state index contributed by atoms with van der Waals surface area (Å²) in [6.07, 6.45) is 0.603. The third kappa shape index (κ3) is 3.48. The number of hydrazone groups is 1. The first-order chi connectivity index (χ1) is 10.1. The first-order valence-corrected chi connectivity index (χ1v) is 6.84. The van der Waals surface area contributed by atoms with Gasteiger partial charge in [0.1, 0.15) is 5.75 Å². The Morgan fingerprint density at radius 1 is 1.10 bits per heavy atom. The van der Waals surface area contributed by atoms with E-state index in [0.717, 1.165) is 5.56 Å². The molecule has 2 aromatic rings. The summed E-state index contributed by atoms with van der Waals surface area (Å²) in [7, 11) is 0. The molecule has 4 nitrogen and oxygen atoms in total. The molecule has 2 aromatic carbocycles. The molecule has 1 amide bonds. The van der Waals surface area contributed by atoms with Crippen molar-refractivity contribution in [3.63, 3.8) is 0 Å². The number of benzene rings is 2. The number of amides is 1. The number of phenols is 1. The van der Waals surface area contributed by atoms with Crippen LogP contribution in [0.1, 0.15) is 34.8 Å². The van der Waals surface area contributed by atoms with E-state index in [1.807, 2.05) is 38.1 Å². The lowest BCUT2D eigenvalue weighted by Gasteiger charge is -2.08. The van der Waals surface area contributed by atoms with E-state index in [1.165, 1.54) is 0 Å². The normalized spacial score (nSPS) is 11.2. The summed E-state index contributed by atoms with van der Waals surface area (Å²) < 4.78 is 0. The molecule has 0 radical (unpaired) electrons. The zero-order valence-electron chi connectivity index (χ0n) is 12.1. The molecular weight excluding hydrogens is 264 g/mol. The Balaban J connectivity index is 2.21. The third-order valence-corrected chi connectivity index (χ3v) is 3.23. The molecule has 4 heteroatoms. The van der Waals surface area contributed by atoms with Gasteiger partial charge in [0.05, 0.1) is 5.71 Å². The first kappa shape index (κ1) is 14.8. The smallest absolute Gasteiger partial charge is 0.271 e. The maximum Gasteiger partial charge on any atom is 0.271 e. The van der Waals surface area contributed by atoms with Crippen molar-refractivity contribution in [1.29, 1.82) is 0 Å². The van der Waals surface area contributed by atoms with Crippen LogP contribution in [-0.4, -0.2) is 16.7 Å². The third-order valence-electron chi connectivity index (χ3n) is 3.23. The highest BCUT2D eigenvalue weighted by molar-refractivity contribution is 6.04. The Bertz CT molecular complexity index is 678. The Labute approximate surface area is 124 Å². The van der Waals surface area contributed by atoms with Crippen molar-refractivity contribution in [3.05, 3.63) is 65.2 Å². The molecule has 0 aliphatic rings. The second-order valence-corrected chi connectivity index (χ2v) is 4.69. The van der Waals surface area contributed by atoms with Crippen molar-refractivity contribution >= 4 is 11.6 Å². The number of aromatic hydroxyl groups is 1. The fourth-order valence-electron chi connectivity index (χ4n) is 2.05. The van der Waals surface area contributed by atoms with Crippen LogP contribution < -0.4 is 5.43 Å². The number of nitrogens with zero attached hydrogens (tertiary/aromatic N) is 1. The lowest BCUT2D eigenvalue weighted by molar-refractivity contribution is 0.0954. The average Bonchev–Trinajstić information content (AvgIpc) is 2.49. The van der Waals surface area contributed by atoms with Crippen molar-refractivity contribution < 1.29 is 9.90 Å². The van der Waals surface area contributed by atoms with Crippen LogP contribution in [0.25, 0.3) is 0 Å². The Kier molecular flexibility index (Phi) is 4.72. The topological polar surface area (TPSA) is 61.7 Å². The van der Waals surface area contributed by atoms with E-state index in [9.17, 15) is 9.90 Å². The molecule has 0 spiro atoms. The first-order valence-electron chi connectivity index (χ1n) is 6.84. The van der Waals surface area contributed by atoms with Gasteiger partial charge in [-0.3, -0.25) is 4.79 Å². The Morgan fingerprint density at radius 2 is 1.71 bits per heavy atom. The number of hydrogen-bond acceptors (Lipinski definition) is 3. The zero-order valence-corrected chi connectivity index (χ0v) is 12.1. The number of hydrogen-bond donors (Lipinski definition) is 2. The minimum Gasteiger partial charge on any atom is -0.507 e. The molecule has 0 unspecified atom stereocenters. The number of nitrogens with one attached hydrogen (secondary N) is 1. The highest BCUT2D eigenvalue weighted by atomic mass is 16.3. The summed E-state index contributed by atoms with van der Waals surface area (Å²) in [5.74, 6) is -0.0993. The lowest BCUT2D eigenvalue weighted by atomic mass is 10.1. The predicted molar refractivity (Wildman–Crippen MR) is 83.6 cm³/mol. The van der Waals surface area contributed by atoms with Gasteiger partial charge in [0.15, 0.2) is 0 Å². The molecule has 0 saturated carbocycles. The van der Waals surface area contributed by atoms with Crippen LogP contribution in [0.3, 0.4) is 0 Å². The molecule has 0 bridgehead atoms. The second-order valence-electron chi connectivity index (χ2n) is 4.69. The van der Waals surface area contributed by atoms with E-state index < -0.39 is 0 Å². The van der Waals surface area contributed by atoms with Gasteiger partial charge < -0.3 is 5.11 Å². The van der Waals surface area contributed by atoms with Crippen LogP contribution in [0.2, 0.25) is 0 Å². The van der Waals surface area contributed by atoms with E-state index in [1.54, 1.807) is 24.3 Å². The monoisotopic (exact) mass is 282 g/mol. The van der Waals surface area contributed by atoms with E-state index in [4.69, 9.17) is 0 Å². The van der Waals surface area contributed by atoms with Gasteiger partial charge in [-0.1, -0.05) is 37.3 Å². The van der Waals surface area contributed by atoms with Gasteiger partial charge in [-0.15, -0.1) is 0 Å². The molecule has 0 aromatic heterocycles. The van der Waals surface area contributed by atoms with Crippen molar-refractivity contribution in [2.75, 3.05) is 0 Å². The van der Waals surface area contributed by atoms with E-state index >= 15 is 0 Å².